The molecule has 0 atom stereocenters. The summed E-state index contributed by atoms with van der Waals surface area (Å²) in [7, 11) is 1.37. The molecule has 1 aromatic carbocycles. The Bertz CT molecular complexity index is 455. The molecule has 1 fully saturated rings. The maximum Gasteiger partial charge on any atom is 0.406 e. The summed E-state index contributed by atoms with van der Waals surface area (Å²) >= 11 is 6.02. The Kier molecular flexibility index (Phi) is 10.3. The van der Waals surface area contributed by atoms with Crippen LogP contribution in [-0.2, 0) is 4.74 Å². The van der Waals surface area contributed by atoms with E-state index in [2.05, 4.69) is 25.9 Å². The molecule has 1 aliphatic rings. The lowest BCUT2D eigenvalue weighted by Gasteiger charge is -2.36. The van der Waals surface area contributed by atoms with E-state index in [1.807, 2.05) is 18.2 Å². The number of hydrogen-bond acceptors (Lipinski definition) is 4. The van der Waals surface area contributed by atoms with E-state index in [-0.39, 0.29) is 30.9 Å². The average Bonchev–Trinajstić information content (AvgIpc) is 2.48. The predicted octanol–water partition coefficient (Wildman–Crippen LogP) is 2.66. The standard InChI is InChI=1S/C14H20ClN3O2.2ClH/c1-20-14(19)16-5-6-17-7-9-18(10-8-17)13-4-2-3-12(15)11-13;;/h2-4,11H,5-10H2,1H3,(H,16,19);2*1H. The Morgan fingerprint density at radius 1 is 1.27 bits per heavy atom. The molecule has 22 heavy (non-hydrogen) atoms. The normalized spacial score (nSPS) is 14.5. The Balaban J connectivity index is 0.00000220. The number of ether oxygens (including phenoxy) is 1. The van der Waals surface area contributed by atoms with E-state index in [9.17, 15) is 4.79 Å². The van der Waals surface area contributed by atoms with Crippen LogP contribution in [0.25, 0.3) is 0 Å². The third kappa shape index (κ3) is 6.48. The average molecular weight is 371 g/mol. The van der Waals surface area contributed by atoms with Crippen LogP contribution in [0.3, 0.4) is 0 Å². The van der Waals surface area contributed by atoms with Gasteiger partial charge in [0.05, 0.1) is 7.11 Å². The molecular formula is C14H22Cl3N3O2. The van der Waals surface area contributed by atoms with E-state index < -0.39 is 0 Å². The van der Waals surface area contributed by atoms with Crippen LogP contribution in [-0.4, -0.2) is 57.4 Å². The topological polar surface area (TPSA) is 44.8 Å². The molecule has 0 aliphatic carbocycles. The summed E-state index contributed by atoms with van der Waals surface area (Å²) in [5.74, 6) is 0. The maximum atomic E-state index is 10.9. The Morgan fingerprint density at radius 3 is 2.55 bits per heavy atom. The third-order valence-corrected chi connectivity index (χ3v) is 3.66. The molecule has 126 valence electrons. The van der Waals surface area contributed by atoms with Gasteiger partial charge in [0.2, 0.25) is 0 Å². The number of nitrogens with one attached hydrogen (secondary N) is 1. The highest BCUT2D eigenvalue weighted by molar-refractivity contribution is 6.30. The first-order valence-corrected chi connectivity index (χ1v) is 7.11. The third-order valence-electron chi connectivity index (χ3n) is 3.43. The number of amides is 1. The van der Waals surface area contributed by atoms with Crippen LogP contribution in [0.5, 0.6) is 0 Å². The van der Waals surface area contributed by atoms with E-state index in [1.165, 1.54) is 12.8 Å². The Morgan fingerprint density at radius 2 is 1.95 bits per heavy atom. The van der Waals surface area contributed by atoms with E-state index >= 15 is 0 Å². The van der Waals surface area contributed by atoms with Gasteiger partial charge in [-0.3, -0.25) is 4.90 Å². The first-order valence-electron chi connectivity index (χ1n) is 6.74. The Labute approximate surface area is 148 Å². The Hall–Kier alpha value is -0.880. The van der Waals surface area contributed by atoms with Gasteiger partial charge in [-0.2, -0.15) is 0 Å². The number of halogens is 3. The van der Waals surface area contributed by atoms with E-state index in [0.717, 1.165) is 37.7 Å². The summed E-state index contributed by atoms with van der Waals surface area (Å²) in [6, 6.07) is 7.94. The fourth-order valence-corrected chi connectivity index (χ4v) is 2.48. The van der Waals surface area contributed by atoms with Crippen molar-refractivity contribution < 1.29 is 9.53 Å². The summed E-state index contributed by atoms with van der Waals surface area (Å²) in [6.07, 6.45) is -0.373. The van der Waals surface area contributed by atoms with Crippen LogP contribution in [0.1, 0.15) is 0 Å². The molecule has 0 radical (unpaired) electrons. The number of piperazine rings is 1. The zero-order chi connectivity index (χ0) is 14.4. The van der Waals surface area contributed by atoms with Crippen LogP contribution >= 0.6 is 36.4 Å². The second-order valence-electron chi connectivity index (χ2n) is 4.73. The largest absolute Gasteiger partial charge is 0.453 e. The van der Waals surface area contributed by atoms with Crippen molar-refractivity contribution in [2.75, 3.05) is 51.3 Å². The van der Waals surface area contributed by atoms with Gasteiger partial charge in [0.25, 0.3) is 0 Å². The molecule has 1 amide bonds. The lowest BCUT2D eigenvalue weighted by atomic mass is 10.2. The summed E-state index contributed by atoms with van der Waals surface area (Å²) in [5, 5.41) is 3.47. The van der Waals surface area contributed by atoms with Crippen molar-refractivity contribution in [3.63, 3.8) is 0 Å². The number of benzene rings is 1. The van der Waals surface area contributed by atoms with Gasteiger partial charge < -0.3 is 15.0 Å². The fraction of sp³-hybridized carbons (Fsp3) is 0.500. The lowest BCUT2D eigenvalue weighted by Crippen LogP contribution is -2.48. The molecule has 5 nitrogen and oxygen atoms in total. The summed E-state index contributed by atoms with van der Waals surface area (Å²) in [4.78, 5) is 15.6. The molecule has 8 heteroatoms. The number of hydrogen-bond donors (Lipinski definition) is 1. The maximum absolute atomic E-state index is 10.9. The van der Waals surface area contributed by atoms with Gasteiger partial charge in [-0.05, 0) is 18.2 Å². The molecule has 1 saturated heterocycles. The minimum atomic E-state index is -0.373. The minimum absolute atomic E-state index is 0. The van der Waals surface area contributed by atoms with Crippen molar-refractivity contribution in [3.05, 3.63) is 29.3 Å². The predicted molar refractivity (Wildman–Crippen MR) is 95.0 cm³/mol. The lowest BCUT2D eigenvalue weighted by molar-refractivity contribution is 0.168. The fourth-order valence-electron chi connectivity index (χ4n) is 2.29. The molecule has 0 spiro atoms. The molecular weight excluding hydrogens is 349 g/mol. The number of carbonyl (C=O) groups is 1. The molecule has 0 unspecified atom stereocenters. The zero-order valence-corrected chi connectivity index (χ0v) is 14.8. The highest BCUT2D eigenvalue weighted by Gasteiger charge is 2.17. The number of rotatable bonds is 4. The number of nitrogens with zero attached hydrogens (tertiary/aromatic N) is 2. The number of methoxy groups -OCH3 is 1. The van der Waals surface area contributed by atoms with Gasteiger partial charge in [-0.25, -0.2) is 4.79 Å². The first kappa shape index (κ1) is 21.1. The van der Waals surface area contributed by atoms with Crippen LogP contribution in [0.2, 0.25) is 5.02 Å². The number of anilines is 1. The highest BCUT2D eigenvalue weighted by atomic mass is 35.5. The van der Waals surface area contributed by atoms with E-state index in [1.54, 1.807) is 0 Å². The molecule has 0 aromatic heterocycles. The van der Waals surface area contributed by atoms with Gasteiger partial charge in [0, 0.05) is 50.0 Å². The SMILES string of the molecule is COC(=O)NCCN1CCN(c2cccc(Cl)c2)CC1.Cl.Cl. The molecule has 2 rings (SSSR count). The second-order valence-corrected chi connectivity index (χ2v) is 5.16. The molecule has 1 aliphatic heterocycles. The van der Waals surface area contributed by atoms with Crippen molar-refractivity contribution >= 4 is 48.2 Å². The molecule has 0 bridgehead atoms. The highest BCUT2D eigenvalue weighted by Crippen LogP contribution is 2.20. The van der Waals surface area contributed by atoms with Crippen LogP contribution < -0.4 is 10.2 Å². The monoisotopic (exact) mass is 369 g/mol. The molecule has 1 heterocycles. The van der Waals surface area contributed by atoms with Gasteiger partial charge in [-0.1, -0.05) is 17.7 Å². The van der Waals surface area contributed by atoms with Crippen molar-refractivity contribution in [2.45, 2.75) is 0 Å². The van der Waals surface area contributed by atoms with Crippen LogP contribution in [0.4, 0.5) is 10.5 Å². The quantitative estimate of drug-likeness (QED) is 0.885. The molecule has 0 saturated carbocycles. The zero-order valence-electron chi connectivity index (χ0n) is 12.5. The van der Waals surface area contributed by atoms with E-state index in [0.29, 0.717) is 6.54 Å². The number of alkyl carbamates (subject to hydrolysis) is 1. The van der Waals surface area contributed by atoms with Gasteiger partial charge in [0.15, 0.2) is 0 Å². The van der Waals surface area contributed by atoms with Crippen molar-refractivity contribution in [1.29, 1.82) is 0 Å². The van der Waals surface area contributed by atoms with Crippen LogP contribution in [0.15, 0.2) is 24.3 Å². The summed E-state index contributed by atoms with van der Waals surface area (Å²) < 4.78 is 4.54. The second kappa shape index (κ2) is 10.8. The van der Waals surface area contributed by atoms with Gasteiger partial charge >= 0.3 is 6.09 Å². The van der Waals surface area contributed by atoms with Crippen molar-refractivity contribution in [2.24, 2.45) is 0 Å². The number of carbonyl (C=O) groups excluding carboxylic acids is 1. The smallest absolute Gasteiger partial charge is 0.406 e. The van der Waals surface area contributed by atoms with Gasteiger partial charge in [-0.15, -0.1) is 24.8 Å². The molecule has 1 aromatic rings. The van der Waals surface area contributed by atoms with Crippen molar-refractivity contribution in [3.8, 4) is 0 Å². The van der Waals surface area contributed by atoms with Crippen LogP contribution in [0, 0.1) is 0 Å². The molecule has 1 N–H and O–H groups in total. The summed E-state index contributed by atoms with van der Waals surface area (Å²) in [5.41, 5.74) is 1.17. The minimum Gasteiger partial charge on any atom is -0.453 e. The van der Waals surface area contributed by atoms with Gasteiger partial charge in [0.1, 0.15) is 0 Å². The van der Waals surface area contributed by atoms with E-state index in [4.69, 9.17) is 11.6 Å². The van der Waals surface area contributed by atoms with Crippen molar-refractivity contribution in [1.82, 2.24) is 10.2 Å². The summed E-state index contributed by atoms with van der Waals surface area (Å²) in [6.45, 7) is 5.37. The first-order chi connectivity index (χ1) is 9.69.